The van der Waals surface area contributed by atoms with Gasteiger partial charge in [0.2, 0.25) is 23.6 Å². The zero-order chi connectivity index (χ0) is 21.9. The molecule has 164 valence electrons. The van der Waals surface area contributed by atoms with E-state index in [1.165, 1.54) is 4.90 Å². The molecule has 0 radical (unpaired) electrons. The lowest BCUT2D eigenvalue weighted by atomic mass is 9.76. The molecule has 1 aromatic carbocycles. The molecule has 4 aliphatic heterocycles. The molecule has 0 bridgehead atoms. The van der Waals surface area contributed by atoms with Crippen LogP contribution in [-0.4, -0.2) is 53.8 Å². The summed E-state index contributed by atoms with van der Waals surface area (Å²) in [6.07, 6.45) is 1.75. The Labute approximate surface area is 183 Å². The van der Waals surface area contributed by atoms with Crippen molar-refractivity contribution >= 4 is 40.9 Å². The number of rotatable bonds is 5. The fraction of sp³-hybridized carbons (Fsp3) is 0.524. The lowest BCUT2D eigenvalue weighted by molar-refractivity contribution is -0.144. The van der Waals surface area contributed by atoms with Crippen LogP contribution in [0.4, 0.5) is 5.69 Å². The van der Waals surface area contributed by atoms with Gasteiger partial charge in [-0.2, -0.15) is 0 Å². The van der Waals surface area contributed by atoms with Crippen LogP contribution in [0.5, 0.6) is 0 Å². The minimum absolute atomic E-state index is 0.0359. The maximum atomic E-state index is 13.6. The van der Waals surface area contributed by atoms with Gasteiger partial charge < -0.3 is 15.8 Å². The third-order valence-corrected chi connectivity index (χ3v) is 7.12. The first-order chi connectivity index (χ1) is 14.8. The predicted octanol–water partition coefficient (Wildman–Crippen LogP) is 0.505. The summed E-state index contributed by atoms with van der Waals surface area (Å²) in [5.74, 6) is -3.36. The van der Waals surface area contributed by atoms with E-state index in [4.69, 9.17) is 22.1 Å². The standard InChI is InChI=1S/C21H23ClN4O5/c22-10-3-4-13-12(8-10)21(20(30)24-13)17-16(14(25-21)5-6-15(23)27)18(28)26(19(17)29)9-11-2-1-7-31-11/h3-4,8,11,14,16-17,25H,1-2,5-7,9H2,(H2,23,27)(H,24,30)/t11-,14-,16-,17+,21+/m0/s1. The molecule has 3 fully saturated rings. The Balaban J connectivity index is 1.57. The van der Waals surface area contributed by atoms with Crippen LogP contribution in [0.25, 0.3) is 0 Å². The molecule has 31 heavy (non-hydrogen) atoms. The van der Waals surface area contributed by atoms with Crippen LogP contribution in [0.2, 0.25) is 5.02 Å². The maximum absolute atomic E-state index is 13.6. The van der Waals surface area contributed by atoms with Gasteiger partial charge >= 0.3 is 0 Å². The van der Waals surface area contributed by atoms with Crippen molar-refractivity contribution in [3.63, 3.8) is 0 Å². The number of carbonyl (C=O) groups excluding carboxylic acids is 4. The molecule has 0 saturated carbocycles. The van der Waals surface area contributed by atoms with E-state index in [2.05, 4.69) is 10.6 Å². The van der Waals surface area contributed by atoms with E-state index in [0.717, 1.165) is 12.8 Å². The molecule has 1 spiro atoms. The van der Waals surface area contributed by atoms with E-state index >= 15 is 0 Å². The van der Waals surface area contributed by atoms with E-state index < -0.39 is 41.1 Å². The highest BCUT2D eigenvalue weighted by Crippen LogP contribution is 2.54. The Kier molecular flexibility index (Phi) is 4.80. The van der Waals surface area contributed by atoms with Crippen molar-refractivity contribution in [1.82, 2.24) is 10.2 Å². The number of hydrogen-bond acceptors (Lipinski definition) is 6. The van der Waals surface area contributed by atoms with Crippen molar-refractivity contribution in [2.24, 2.45) is 17.6 Å². The number of nitrogens with two attached hydrogens (primary N) is 1. The molecular formula is C21H23ClN4O5. The van der Waals surface area contributed by atoms with Gasteiger partial charge in [-0.15, -0.1) is 0 Å². The molecular weight excluding hydrogens is 424 g/mol. The minimum atomic E-state index is -1.43. The summed E-state index contributed by atoms with van der Waals surface area (Å²) in [5, 5.41) is 6.49. The highest BCUT2D eigenvalue weighted by Gasteiger charge is 2.70. The van der Waals surface area contributed by atoms with Gasteiger partial charge in [0.05, 0.1) is 24.5 Å². The molecule has 4 aliphatic rings. The number of nitrogens with zero attached hydrogens (tertiary/aromatic N) is 1. The average Bonchev–Trinajstić information content (AvgIpc) is 3.46. The first-order valence-electron chi connectivity index (χ1n) is 10.5. The summed E-state index contributed by atoms with van der Waals surface area (Å²) >= 11 is 6.21. The molecule has 9 nitrogen and oxygen atoms in total. The summed E-state index contributed by atoms with van der Waals surface area (Å²) in [6, 6.07) is 4.43. The highest BCUT2D eigenvalue weighted by atomic mass is 35.5. The average molecular weight is 447 g/mol. The Morgan fingerprint density at radius 3 is 2.81 bits per heavy atom. The maximum Gasteiger partial charge on any atom is 0.250 e. The predicted molar refractivity (Wildman–Crippen MR) is 110 cm³/mol. The number of hydrogen-bond donors (Lipinski definition) is 3. The van der Waals surface area contributed by atoms with Gasteiger partial charge in [-0.05, 0) is 37.5 Å². The van der Waals surface area contributed by atoms with Crippen molar-refractivity contribution in [3.8, 4) is 0 Å². The van der Waals surface area contributed by atoms with Crippen LogP contribution < -0.4 is 16.4 Å². The topological polar surface area (TPSA) is 131 Å². The Hall–Kier alpha value is -2.49. The molecule has 1 aromatic rings. The number of nitrogens with one attached hydrogen (secondary N) is 2. The summed E-state index contributed by atoms with van der Waals surface area (Å²) in [7, 11) is 0. The normalized spacial score (nSPS) is 33.8. The van der Waals surface area contributed by atoms with Crippen molar-refractivity contribution in [3.05, 3.63) is 28.8 Å². The molecule has 3 saturated heterocycles. The summed E-state index contributed by atoms with van der Waals surface area (Å²) in [4.78, 5) is 52.9. The van der Waals surface area contributed by atoms with Crippen LogP contribution in [0.15, 0.2) is 18.2 Å². The summed E-state index contributed by atoms with van der Waals surface area (Å²) in [5.41, 5.74) is 5.00. The number of fused-ring (bicyclic) bond motifs is 4. The number of carbonyl (C=O) groups is 4. The number of primary amides is 1. The zero-order valence-electron chi connectivity index (χ0n) is 16.7. The van der Waals surface area contributed by atoms with Gasteiger partial charge in [-0.3, -0.25) is 29.4 Å². The fourth-order valence-electron chi connectivity index (χ4n) is 5.55. The largest absolute Gasteiger partial charge is 0.376 e. The van der Waals surface area contributed by atoms with Crippen LogP contribution in [0.1, 0.15) is 31.2 Å². The lowest BCUT2D eigenvalue weighted by Crippen LogP contribution is -2.53. The number of benzene rings is 1. The van der Waals surface area contributed by atoms with Gasteiger partial charge in [-0.25, -0.2) is 0 Å². The molecule has 0 unspecified atom stereocenters. The number of anilines is 1. The first kappa shape index (κ1) is 20.4. The van der Waals surface area contributed by atoms with Crippen LogP contribution in [0.3, 0.4) is 0 Å². The molecule has 0 aromatic heterocycles. The quantitative estimate of drug-likeness (QED) is 0.565. The third kappa shape index (κ3) is 2.98. The Morgan fingerprint density at radius 1 is 1.29 bits per heavy atom. The molecule has 10 heteroatoms. The second kappa shape index (κ2) is 7.29. The lowest BCUT2D eigenvalue weighted by Gasteiger charge is -2.30. The van der Waals surface area contributed by atoms with Crippen LogP contribution >= 0.6 is 11.6 Å². The SMILES string of the molecule is NC(=O)CC[C@@H]1N[C@@]2(C(=O)Nc3ccc(Cl)cc32)[C@H]2C(=O)N(C[C@@H]3CCCO3)C(=O)[C@@H]12. The van der Waals surface area contributed by atoms with Crippen molar-refractivity contribution in [2.75, 3.05) is 18.5 Å². The van der Waals surface area contributed by atoms with Crippen LogP contribution in [-0.2, 0) is 29.5 Å². The minimum Gasteiger partial charge on any atom is -0.376 e. The van der Waals surface area contributed by atoms with Gasteiger partial charge in [-0.1, -0.05) is 11.6 Å². The second-order valence-corrected chi connectivity index (χ2v) is 9.07. The van der Waals surface area contributed by atoms with E-state index in [-0.39, 0.29) is 31.4 Å². The van der Waals surface area contributed by atoms with Gasteiger partial charge in [0.15, 0.2) is 0 Å². The zero-order valence-corrected chi connectivity index (χ0v) is 17.5. The monoisotopic (exact) mass is 446 g/mol. The second-order valence-electron chi connectivity index (χ2n) is 8.63. The van der Waals surface area contributed by atoms with Gasteiger partial charge in [0.1, 0.15) is 5.54 Å². The Bertz CT molecular complexity index is 994. The molecule has 4 amide bonds. The highest BCUT2D eigenvalue weighted by molar-refractivity contribution is 6.31. The third-order valence-electron chi connectivity index (χ3n) is 6.88. The van der Waals surface area contributed by atoms with Crippen LogP contribution in [0, 0.1) is 11.8 Å². The van der Waals surface area contributed by atoms with E-state index in [1.54, 1.807) is 18.2 Å². The van der Waals surface area contributed by atoms with E-state index in [9.17, 15) is 19.2 Å². The molecule has 0 aliphatic carbocycles. The number of amides is 4. The van der Waals surface area contributed by atoms with E-state index in [1.807, 2.05) is 0 Å². The Morgan fingerprint density at radius 2 is 2.10 bits per heavy atom. The molecule has 5 rings (SSSR count). The number of ether oxygens (including phenoxy) is 1. The fourth-order valence-corrected chi connectivity index (χ4v) is 5.72. The van der Waals surface area contributed by atoms with Gasteiger partial charge in [0.25, 0.3) is 0 Å². The van der Waals surface area contributed by atoms with Crippen molar-refractivity contribution < 1.29 is 23.9 Å². The summed E-state index contributed by atoms with van der Waals surface area (Å²) < 4.78 is 5.63. The van der Waals surface area contributed by atoms with Gasteiger partial charge in [0, 0.05) is 35.3 Å². The van der Waals surface area contributed by atoms with Crippen molar-refractivity contribution in [2.45, 2.75) is 43.4 Å². The van der Waals surface area contributed by atoms with E-state index in [0.29, 0.717) is 22.9 Å². The first-order valence-corrected chi connectivity index (χ1v) is 10.8. The smallest absolute Gasteiger partial charge is 0.250 e. The molecule has 4 heterocycles. The number of imide groups is 1. The number of halogens is 1. The number of likely N-dealkylation sites (tertiary alicyclic amines) is 1. The summed E-state index contributed by atoms with van der Waals surface area (Å²) in [6.45, 7) is 0.780. The van der Waals surface area contributed by atoms with Crippen molar-refractivity contribution in [1.29, 1.82) is 0 Å². The molecule has 5 atom stereocenters. The molecule has 4 N–H and O–H groups in total.